The Kier molecular flexibility index (Phi) is 5.68. The molecule has 2 aromatic carbocycles. The van der Waals surface area contributed by atoms with E-state index in [1.807, 2.05) is 0 Å². The molecular weight excluding hydrogens is 326 g/mol. The van der Waals surface area contributed by atoms with Crippen LogP contribution < -0.4 is 15.5 Å². The van der Waals surface area contributed by atoms with E-state index in [1.54, 1.807) is 24.3 Å². The third-order valence-electron chi connectivity index (χ3n) is 4.89. The van der Waals surface area contributed by atoms with Crippen LogP contribution in [-0.2, 0) is 16.0 Å². The van der Waals surface area contributed by atoms with Crippen molar-refractivity contribution in [2.45, 2.75) is 32.2 Å². The summed E-state index contributed by atoms with van der Waals surface area (Å²) in [5.41, 5.74) is 4.25. The lowest BCUT2D eigenvalue weighted by Gasteiger charge is -2.30. The lowest BCUT2D eigenvalue weighted by atomic mass is 9.87. The first-order chi connectivity index (χ1) is 12.5. The highest BCUT2D eigenvalue weighted by molar-refractivity contribution is 5.92. The Morgan fingerprint density at radius 2 is 1.69 bits per heavy atom. The molecule has 2 aromatic rings. The molecule has 1 unspecified atom stereocenters. The molecule has 0 bridgehead atoms. The summed E-state index contributed by atoms with van der Waals surface area (Å²) in [7, 11) is 2.09. The number of aryl methyl sites for hydroxylation is 1. The van der Waals surface area contributed by atoms with E-state index >= 15 is 0 Å². The average molecular weight is 352 g/mol. The summed E-state index contributed by atoms with van der Waals surface area (Å²) in [4.78, 5) is 24.7. The van der Waals surface area contributed by atoms with E-state index in [1.165, 1.54) is 29.4 Å². The Balaban J connectivity index is 1.59. The van der Waals surface area contributed by atoms with E-state index in [0.29, 0.717) is 12.6 Å². The topological polar surface area (TPSA) is 62.6 Å². The number of rotatable bonds is 5. The van der Waals surface area contributed by atoms with Crippen molar-refractivity contribution in [3.63, 3.8) is 0 Å². The van der Waals surface area contributed by atoms with Gasteiger partial charge >= 0.3 is 0 Å². The van der Waals surface area contributed by atoms with Crippen molar-refractivity contribution in [3.8, 4) is 0 Å². The SMILES string of the molecule is CC(=O)Nc1ccc(NC(=O)C[NH+](C)[C@H]2CCCc3ccccc32)cc1. The number of likely N-dealkylation sites (N-methyl/N-ethyl adjacent to an activating group) is 1. The quantitative estimate of drug-likeness (QED) is 0.772. The van der Waals surface area contributed by atoms with Gasteiger partial charge in [-0.1, -0.05) is 24.3 Å². The summed E-state index contributed by atoms with van der Waals surface area (Å²) in [5, 5.41) is 5.66. The van der Waals surface area contributed by atoms with E-state index < -0.39 is 0 Å². The van der Waals surface area contributed by atoms with Crippen molar-refractivity contribution in [2.75, 3.05) is 24.2 Å². The Hall–Kier alpha value is -2.66. The smallest absolute Gasteiger partial charge is 0.279 e. The molecule has 1 aliphatic rings. The molecule has 5 nitrogen and oxygen atoms in total. The number of carbonyl (C=O) groups is 2. The third kappa shape index (κ3) is 4.49. The molecular formula is C21H26N3O2+. The van der Waals surface area contributed by atoms with Gasteiger partial charge in [0.2, 0.25) is 5.91 Å². The first-order valence-corrected chi connectivity index (χ1v) is 9.10. The highest BCUT2D eigenvalue weighted by Crippen LogP contribution is 2.27. The highest BCUT2D eigenvalue weighted by atomic mass is 16.2. The molecule has 0 aliphatic heterocycles. The molecule has 136 valence electrons. The van der Waals surface area contributed by atoms with Gasteiger partial charge in [-0.15, -0.1) is 0 Å². The number of carbonyl (C=O) groups excluding carboxylic acids is 2. The lowest BCUT2D eigenvalue weighted by molar-refractivity contribution is -0.905. The Morgan fingerprint density at radius 3 is 2.38 bits per heavy atom. The van der Waals surface area contributed by atoms with Crippen LogP contribution in [0.25, 0.3) is 0 Å². The van der Waals surface area contributed by atoms with E-state index in [9.17, 15) is 9.59 Å². The second-order valence-electron chi connectivity index (χ2n) is 6.97. The fraction of sp³-hybridized carbons (Fsp3) is 0.333. The summed E-state index contributed by atoms with van der Waals surface area (Å²) < 4.78 is 0. The zero-order chi connectivity index (χ0) is 18.5. The van der Waals surface area contributed by atoms with Gasteiger partial charge in [0, 0.05) is 30.3 Å². The second kappa shape index (κ2) is 8.15. The van der Waals surface area contributed by atoms with Crippen molar-refractivity contribution >= 4 is 23.2 Å². The van der Waals surface area contributed by atoms with Gasteiger partial charge in [-0.25, -0.2) is 0 Å². The molecule has 0 heterocycles. The maximum Gasteiger partial charge on any atom is 0.279 e. The Morgan fingerprint density at radius 1 is 1.04 bits per heavy atom. The van der Waals surface area contributed by atoms with Gasteiger partial charge in [-0.3, -0.25) is 9.59 Å². The predicted octanol–water partition coefficient (Wildman–Crippen LogP) is 2.18. The Labute approximate surface area is 154 Å². The summed E-state index contributed by atoms with van der Waals surface area (Å²) in [6.07, 6.45) is 3.42. The molecule has 1 aliphatic carbocycles. The summed E-state index contributed by atoms with van der Waals surface area (Å²) in [6, 6.07) is 16.1. The largest absolute Gasteiger partial charge is 0.326 e. The van der Waals surface area contributed by atoms with Crippen molar-refractivity contribution < 1.29 is 14.5 Å². The van der Waals surface area contributed by atoms with E-state index in [0.717, 1.165) is 24.2 Å². The minimum absolute atomic E-state index is 0.00201. The molecule has 2 amide bonds. The number of benzene rings is 2. The normalized spacial score (nSPS) is 17.1. The number of hydrogen-bond acceptors (Lipinski definition) is 2. The van der Waals surface area contributed by atoms with Crippen molar-refractivity contribution in [1.82, 2.24) is 0 Å². The fourth-order valence-electron chi connectivity index (χ4n) is 3.69. The number of quaternary nitrogens is 1. The number of hydrogen-bond donors (Lipinski definition) is 3. The number of anilines is 2. The monoisotopic (exact) mass is 352 g/mol. The van der Waals surface area contributed by atoms with Gasteiger partial charge in [-0.2, -0.15) is 0 Å². The van der Waals surface area contributed by atoms with E-state index in [4.69, 9.17) is 0 Å². The fourth-order valence-corrected chi connectivity index (χ4v) is 3.69. The highest BCUT2D eigenvalue weighted by Gasteiger charge is 2.27. The summed E-state index contributed by atoms with van der Waals surface area (Å²) >= 11 is 0. The van der Waals surface area contributed by atoms with Crippen LogP contribution in [-0.4, -0.2) is 25.4 Å². The van der Waals surface area contributed by atoms with Gasteiger partial charge < -0.3 is 15.5 Å². The van der Waals surface area contributed by atoms with Crippen LogP contribution in [0, 0.1) is 0 Å². The average Bonchev–Trinajstić information content (AvgIpc) is 2.62. The van der Waals surface area contributed by atoms with Crippen LogP contribution in [0.1, 0.15) is 36.9 Å². The molecule has 3 N–H and O–H groups in total. The van der Waals surface area contributed by atoms with E-state index in [2.05, 4.69) is 41.9 Å². The number of nitrogens with one attached hydrogen (secondary N) is 3. The predicted molar refractivity (Wildman–Crippen MR) is 103 cm³/mol. The maximum absolute atomic E-state index is 12.4. The maximum atomic E-state index is 12.4. The number of fused-ring (bicyclic) bond motifs is 1. The molecule has 0 spiro atoms. The molecule has 0 fully saturated rings. The lowest BCUT2D eigenvalue weighted by Crippen LogP contribution is -3.10. The standard InChI is InChI=1S/C21H25N3O2/c1-15(25)22-17-10-12-18(13-11-17)23-21(26)14-24(2)20-9-5-7-16-6-3-4-8-19(16)20/h3-4,6,8,10-13,20H,5,7,9,14H2,1-2H3,(H,22,25)(H,23,26)/p+1/t20-/m0/s1. The second-order valence-corrected chi connectivity index (χ2v) is 6.97. The molecule has 5 heteroatoms. The van der Waals surface area contributed by atoms with Gasteiger partial charge in [-0.05, 0) is 42.7 Å². The first kappa shape index (κ1) is 18.1. The minimum atomic E-state index is -0.111. The Bertz CT molecular complexity index is 786. The van der Waals surface area contributed by atoms with Crippen LogP contribution in [0.3, 0.4) is 0 Å². The van der Waals surface area contributed by atoms with Gasteiger partial charge in [0.25, 0.3) is 5.91 Å². The molecule has 0 saturated carbocycles. The molecule has 3 rings (SSSR count). The molecule has 26 heavy (non-hydrogen) atoms. The van der Waals surface area contributed by atoms with Crippen LogP contribution in [0.5, 0.6) is 0 Å². The van der Waals surface area contributed by atoms with Gasteiger partial charge in [0.15, 0.2) is 6.54 Å². The van der Waals surface area contributed by atoms with Crippen LogP contribution >= 0.6 is 0 Å². The first-order valence-electron chi connectivity index (χ1n) is 9.10. The zero-order valence-corrected chi connectivity index (χ0v) is 15.3. The van der Waals surface area contributed by atoms with Crippen LogP contribution in [0.4, 0.5) is 11.4 Å². The molecule has 2 atom stereocenters. The summed E-state index contributed by atoms with van der Waals surface area (Å²) in [6.45, 7) is 1.89. The minimum Gasteiger partial charge on any atom is -0.326 e. The van der Waals surface area contributed by atoms with Crippen LogP contribution in [0.2, 0.25) is 0 Å². The van der Waals surface area contributed by atoms with Crippen molar-refractivity contribution in [2.24, 2.45) is 0 Å². The number of amides is 2. The third-order valence-corrected chi connectivity index (χ3v) is 4.89. The van der Waals surface area contributed by atoms with Gasteiger partial charge in [0.05, 0.1) is 7.05 Å². The van der Waals surface area contributed by atoms with Gasteiger partial charge in [0.1, 0.15) is 6.04 Å². The van der Waals surface area contributed by atoms with E-state index in [-0.39, 0.29) is 11.8 Å². The molecule has 0 aromatic heterocycles. The summed E-state index contributed by atoms with van der Waals surface area (Å²) in [5.74, 6) is -0.113. The van der Waals surface area contributed by atoms with Crippen LogP contribution in [0.15, 0.2) is 48.5 Å². The molecule has 0 radical (unpaired) electrons. The van der Waals surface area contributed by atoms with Crippen molar-refractivity contribution in [3.05, 3.63) is 59.7 Å². The molecule has 0 saturated heterocycles. The zero-order valence-electron chi connectivity index (χ0n) is 15.3. The van der Waals surface area contributed by atoms with Crippen molar-refractivity contribution in [1.29, 1.82) is 0 Å².